The fourth-order valence-electron chi connectivity index (χ4n) is 1.64. The van der Waals surface area contributed by atoms with Crippen LogP contribution in [0.15, 0.2) is 30.3 Å². The van der Waals surface area contributed by atoms with Crippen molar-refractivity contribution < 1.29 is 14.3 Å². The maximum atomic E-state index is 11.8. The van der Waals surface area contributed by atoms with Gasteiger partial charge in [-0.1, -0.05) is 18.2 Å². The number of hydrogen-bond acceptors (Lipinski definition) is 3. The largest absolute Gasteiger partial charge is 0.497 e. The molecule has 90 valence electrons. The predicted octanol–water partition coefficient (Wildman–Crippen LogP) is 2.45. The SMILES string of the molecule is COc1ccc(/C=C/C(=O)[C@]2(C)O[C@@H]2C)cc1. The number of hydrogen-bond donors (Lipinski definition) is 0. The van der Waals surface area contributed by atoms with Crippen LogP contribution in [0.4, 0.5) is 0 Å². The van der Waals surface area contributed by atoms with Gasteiger partial charge in [0.15, 0.2) is 11.4 Å². The van der Waals surface area contributed by atoms with Crippen molar-refractivity contribution in [1.29, 1.82) is 0 Å². The summed E-state index contributed by atoms with van der Waals surface area (Å²) in [4.78, 5) is 11.8. The molecule has 1 fully saturated rings. The zero-order valence-electron chi connectivity index (χ0n) is 10.3. The second-order valence-corrected chi connectivity index (χ2v) is 4.34. The van der Waals surface area contributed by atoms with E-state index < -0.39 is 5.60 Å². The molecule has 0 spiro atoms. The number of ketones is 1. The van der Waals surface area contributed by atoms with E-state index in [-0.39, 0.29) is 11.9 Å². The summed E-state index contributed by atoms with van der Waals surface area (Å²) in [6.45, 7) is 3.72. The Labute approximate surface area is 101 Å². The van der Waals surface area contributed by atoms with Gasteiger partial charge in [0, 0.05) is 0 Å². The molecule has 1 saturated heterocycles. The van der Waals surface area contributed by atoms with Gasteiger partial charge in [-0.15, -0.1) is 0 Å². The molecule has 1 aromatic carbocycles. The maximum Gasteiger partial charge on any atom is 0.189 e. The highest BCUT2D eigenvalue weighted by Crippen LogP contribution is 2.36. The number of ether oxygens (including phenoxy) is 2. The molecule has 3 heteroatoms. The monoisotopic (exact) mass is 232 g/mol. The van der Waals surface area contributed by atoms with Gasteiger partial charge in [-0.2, -0.15) is 0 Å². The lowest BCUT2D eigenvalue weighted by molar-refractivity contribution is -0.118. The van der Waals surface area contributed by atoms with Gasteiger partial charge >= 0.3 is 0 Å². The van der Waals surface area contributed by atoms with Crippen molar-refractivity contribution in [3.8, 4) is 5.75 Å². The summed E-state index contributed by atoms with van der Waals surface area (Å²) in [7, 11) is 1.63. The minimum atomic E-state index is -0.608. The summed E-state index contributed by atoms with van der Waals surface area (Å²) in [5.74, 6) is 0.820. The predicted molar refractivity (Wildman–Crippen MR) is 66.0 cm³/mol. The molecular weight excluding hydrogens is 216 g/mol. The summed E-state index contributed by atoms with van der Waals surface area (Å²) in [6, 6.07) is 7.54. The van der Waals surface area contributed by atoms with Crippen LogP contribution in [0.5, 0.6) is 5.75 Å². The summed E-state index contributed by atoms with van der Waals surface area (Å²) >= 11 is 0. The van der Waals surface area contributed by atoms with Crippen LogP contribution in [0.3, 0.4) is 0 Å². The average Bonchev–Trinajstić information content (AvgIpc) is 2.96. The minimum Gasteiger partial charge on any atom is -0.497 e. The highest BCUT2D eigenvalue weighted by atomic mass is 16.6. The normalized spacial score (nSPS) is 27.1. The number of carbonyl (C=O) groups is 1. The van der Waals surface area contributed by atoms with Crippen LogP contribution < -0.4 is 4.74 Å². The summed E-state index contributed by atoms with van der Waals surface area (Å²) in [5, 5.41) is 0. The Balaban J connectivity index is 2.02. The van der Waals surface area contributed by atoms with Gasteiger partial charge in [-0.3, -0.25) is 4.79 Å². The highest BCUT2D eigenvalue weighted by Gasteiger charge is 2.54. The smallest absolute Gasteiger partial charge is 0.189 e. The van der Waals surface area contributed by atoms with Crippen LogP contribution in [0.25, 0.3) is 6.08 Å². The van der Waals surface area contributed by atoms with Crippen molar-refractivity contribution in [1.82, 2.24) is 0 Å². The zero-order valence-corrected chi connectivity index (χ0v) is 10.3. The van der Waals surface area contributed by atoms with Gasteiger partial charge < -0.3 is 9.47 Å². The van der Waals surface area contributed by atoms with Gasteiger partial charge in [-0.25, -0.2) is 0 Å². The van der Waals surface area contributed by atoms with Gasteiger partial charge in [0.2, 0.25) is 0 Å². The lowest BCUT2D eigenvalue weighted by atomic mass is 10.0. The van der Waals surface area contributed by atoms with Crippen LogP contribution in [0.1, 0.15) is 19.4 Å². The number of carbonyl (C=O) groups excluding carboxylic acids is 1. The molecule has 1 aliphatic rings. The fraction of sp³-hybridized carbons (Fsp3) is 0.357. The van der Waals surface area contributed by atoms with Crippen LogP contribution >= 0.6 is 0 Å². The first-order valence-corrected chi connectivity index (χ1v) is 5.60. The number of epoxide rings is 1. The lowest BCUT2D eigenvalue weighted by Gasteiger charge is -2.00. The Morgan fingerprint density at radius 2 is 2.00 bits per heavy atom. The maximum absolute atomic E-state index is 11.8. The Hall–Kier alpha value is -1.61. The van der Waals surface area contributed by atoms with Crippen LogP contribution in [0, 0.1) is 0 Å². The van der Waals surface area contributed by atoms with E-state index in [1.54, 1.807) is 19.3 Å². The number of benzene rings is 1. The van der Waals surface area contributed by atoms with Crippen molar-refractivity contribution in [2.24, 2.45) is 0 Å². The van der Waals surface area contributed by atoms with Gasteiger partial charge in [0.05, 0.1) is 13.2 Å². The molecule has 1 aromatic rings. The molecule has 0 unspecified atom stereocenters. The molecule has 17 heavy (non-hydrogen) atoms. The molecule has 2 rings (SSSR count). The Morgan fingerprint density at radius 3 is 2.47 bits per heavy atom. The van der Waals surface area contributed by atoms with E-state index in [0.29, 0.717) is 0 Å². The first-order valence-electron chi connectivity index (χ1n) is 5.60. The lowest BCUT2D eigenvalue weighted by Crippen LogP contribution is -2.20. The van der Waals surface area contributed by atoms with Gasteiger partial charge in [-0.05, 0) is 37.6 Å². The molecular formula is C14H16O3. The van der Waals surface area contributed by atoms with E-state index in [1.807, 2.05) is 38.1 Å². The third kappa shape index (κ3) is 2.39. The summed E-state index contributed by atoms with van der Waals surface area (Å²) < 4.78 is 10.3. The second-order valence-electron chi connectivity index (χ2n) is 4.34. The standard InChI is InChI=1S/C14H16O3/c1-10-14(2,17-10)13(15)9-6-11-4-7-12(16-3)8-5-11/h4-10H,1-3H3/b9-6+/t10-,14-/m1/s1. The van der Waals surface area contributed by atoms with E-state index in [4.69, 9.17) is 9.47 Å². The van der Waals surface area contributed by atoms with E-state index in [9.17, 15) is 4.79 Å². The molecule has 0 aliphatic carbocycles. The van der Waals surface area contributed by atoms with Crippen LogP contribution in [-0.2, 0) is 9.53 Å². The highest BCUT2D eigenvalue weighted by molar-refractivity contribution is 6.01. The first-order chi connectivity index (χ1) is 8.06. The molecule has 0 aromatic heterocycles. The Bertz CT molecular complexity index is 447. The van der Waals surface area contributed by atoms with E-state index >= 15 is 0 Å². The molecule has 0 saturated carbocycles. The van der Waals surface area contributed by atoms with Crippen molar-refractivity contribution in [3.05, 3.63) is 35.9 Å². The molecule has 2 atom stereocenters. The molecule has 0 bridgehead atoms. The molecule has 1 heterocycles. The van der Waals surface area contributed by atoms with Gasteiger partial charge in [0.1, 0.15) is 5.75 Å². The zero-order chi connectivity index (χ0) is 12.5. The average molecular weight is 232 g/mol. The van der Waals surface area contributed by atoms with Crippen molar-refractivity contribution in [3.63, 3.8) is 0 Å². The molecule has 3 nitrogen and oxygen atoms in total. The van der Waals surface area contributed by atoms with Gasteiger partial charge in [0.25, 0.3) is 0 Å². The molecule has 1 aliphatic heterocycles. The van der Waals surface area contributed by atoms with E-state index in [2.05, 4.69) is 0 Å². The Kier molecular flexibility index (Phi) is 3.03. The topological polar surface area (TPSA) is 38.8 Å². The number of rotatable bonds is 4. The van der Waals surface area contributed by atoms with Crippen LogP contribution in [0.2, 0.25) is 0 Å². The Morgan fingerprint density at radius 1 is 1.41 bits per heavy atom. The van der Waals surface area contributed by atoms with Crippen molar-refractivity contribution in [2.75, 3.05) is 7.11 Å². The quantitative estimate of drug-likeness (QED) is 0.591. The third-order valence-corrected chi connectivity index (χ3v) is 3.17. The summed E-state index contributed by atoms with van der Waals surface area (Å²) in [5.41, 5.74) is 0.360. The van der Waals surface area contributed by atoms with Crippen LogP contribution in [-0.4, -0.2) is 24.6 Å². The fourth-order valence-corrected chi connectivity index (χ4v) is 1.64. The van der Waals surface area contributed by atoms with E-state index in [1.165, 1.54) is 0 Å². The minimum absolute atomic E-state index is 0.0146. The molecule has 0 amide bonds. The van der Waals surface area contributed by atoms with E-state index in [0.717, 1.165) is 11.3 Å². The van der Waals surface area contributed by atoms with Crippen molar-refractivity contribution >= 4 is 11.9 Å². The number of methoxy groups -OCH3 is 1. The molecule has 0 radical (unpaired) electrons. The third-order valence-electron chi connectivity index (χ3n) is 3.17. The first kappa shape index (κ1) is 11.9. The van der Waals surface area contributed by atoms with Crippen molar-refractivity contribution in [2.45, 2.75) is 25.6 Å². The second kappa shape index (κ2) is 4.34. The molecule has 0 N–H and O–H groups in total. The summed E-state index contributed by atoms with van der Waals surface area (Å²) in [6.07, 6.45) is 3.39.